The highest BCUT2D eigenvalue weighted by molar-refractivity contribution is 6.09. The van der Waals surface area contributed by atoms with E-state index in [0.29, 0.717) is 23.5 Å². The topological polar surface area (TPSA) is 78.9 Å². The summed E-state index contributed by atoms with van der Waals surface area (Å²) in [6, 6.07) is 11.9. The fourth-order valence-electron chi connectivity index (χ4n) is 3.18. The maximum atomic E-state index is 12.9. The largest absolute Gasteiger partial charge is 0.476 e. The van der Waals surface area contributed by atoms with Gasteiger partial charge in [0.25, 0.3) is 0 Å². The molecule has 2 aromatic rings. The Morgan fingerprint density at radius 2 is 1.83 bits per heavy atom. The first-order valence-corrected chi connectivity index (χ1v) is 9.53. The molecule has 0 aliphatic carbocycles. The van der Waals surface area contributed by atoms with Gasteiger partial charge in [-0.05, 0) is 70.0 Å². The summed E-state index contributed by atoms with van der Waals surface area (Å²) in [6.45, 7) is 7.16. The summed E-state index contributed by atoms with van der Waals surface area (Å²) in [7, 11) is 0. The molecule has 1 aliphatic rings. The molecule has 2 aromatic carbocycles. The first kappa shape index (κ1) is 20.6. The summed E-state index contributed by atoms with van der Waals surface area (Å²) >= 11 is 0. The number of esters is 2. The number of hydrogen-bond donors (Lipinski definition) is 0. The summed E-state index contributed by atoms with van der Waals surface area (Å²) in [5, 5.41) is 0. The van der Waals surface area contributed by atoms with Gasteiger partial charge in [0.05, 0.1) is 6.61 Å². The first-order valence-electron chi connectivity index (χ1n) is 9.53. The molecule has 29 heavy (non-hydrogen) atoms. The van der Waals surface area contributed by atoms with Crippen molar-refractivity contribution in [3.05, 3.63) is 59.2 Å². The van der Waals surface area contributed by atoms with Crippen LogP contribution in [0, 0.1) is 12.8 Å². The minimum atomic E-state index is -1.16. The summed E-state index contributed by atoms with van der Waals surface area (Å²) in [5.74, 6) is -1.28. The summed E-state index contributed by atoms with van der Waals surface area (Å²) in [6.07, 6.45) is 0.308. The van der Waals surface area contributed by atoms with Crippen molar-refractivity contribution in [2.24, 2.45) is 5.92 Å². The van der Waals surface area contributed by atoms with E-state index >= 15 is 0 Å². The number of benzene rings is 2. The average Bonchev–Trinajstić information content (AvgIpc) is 2.68. The third-order valence-corrected chi connectivity index (χ3v) is 4.73. The molecule has 0 spiro atoms. The van der Waals surface area contributed by atoms with Crippen LogP contribution in [0.1, 0.15) is 42.3 Å². The highest BCUT2D eigenvalue weighted by Gasteiger charge is 2.35. The lowest BCUT2D eigenvalue weighted by Crippen LogP contribution is -2.39. The summed E-state index contributed by atoms with van der Waals surface area (Å²) in [5.41, 5.74) is 1.11. The molecule has 0 amide bonds. The van der Waals surface area contributed by atoms with Gasteiger partial charge < -0.3 is 14.2 Å². The van der Waals surface area contributed by atoms with Gasteiger partial charge in [-0.25, -0.2) is 4.79 Å². The molecular formula is C23H24O6. The van der Waals surface area contributed by atoms with E-state index in [-0.39, 0.29) is 12.4 Å². The van der Waals surface area contributed by atoms with Crippen LogP contribution in [0.2, 0.25) is 0 Å². The third kappa shape index (κ3) is 4.47. The lowest BCUT2D eigenvalue weighted by Gasteiger charge is -2.24. The molecule has 3 rings (SSSR count). The Morgan fingerprint density at radius 1 is 1.14 bits per heavy atom. The van der Waals surface area contributed by atoms with E-state index < -0.39 is 23.5 Å². The number of hydrogen-bond acceptors (Lipinski definition) is 6. The molecule has 1 heterocycles. The average molecular weight is 396 g/mol. The second-order valence-electron chi connectivity index (χ2n) is 7.51. The predicted octanol–water partition coefficient (Wildman–Crippen LogP) is 3.68. The monoisotopic (exact) mass is 396 g/mol. The quantitative estimate of drug-likeness (QED) is 0.321. The van der Waals surface area contributed by atoms with Gasteiger partial charge in [0.1, 0.15) is 17.4 Å². The van der Waals surface area contributed by atoms with Crippen LogP contribution >= 0.6 is 0 Å². The minimum Gasteiger partial charge on any atom is -0.476 e. The number of Topliss-reactive ketones (excluding diaryl/α,β-unsaturated/α-hetero) is 1. The Balaban J connectivity index is 1.74. The zero-order chi connectivity index (χ0) is 21.2. The Kier molecular flexibility index (Phi) is 5.73. The van der Waals surface area contributed by atoms with Gasteiger partial charge in [0.15, 0.2) is 11.4 Å². The van der Waals surface area contributed by atoms with Crippen LogP contribution in [-0.4, -0.2) is 29.9 Å². The number of carbonyl (C=O) groups excluding carboxylic acids is 3. The molecule has 6 nitrogen and oxygen atoms in total. The van der Waals surface area contributed by atoms with E-state index in [1.807, 2.05) is 19.1 Å². The van der Waals surface area contributed by atoms with Crippen molar-refractivity contribution >= 4 is 17.7 Å². The highest BCUT2D eigenvalue weighted by atomic mass is 16.6. The Labute approximate surface area is 169 Å². The van der Waals surface area contributed by atoms with Crippen molar-refractivity contribution in [1.82, 2.24) is 0 Å². The van der Waals surface area contributed by atoms with E-state index in [1.165, 1.54) is 0 Å². The number of ether oxygens (including phenoxy) is 3. The van der Waals surface area contributed by atoms with Crippen LogP contribution in [0.3, 0.4) is 0 Å². The van der Waals surface area contributed by atoms with Gasteiger partial charge in [-0.15, -0.1) is 0 Å². The molecule has 0 radical (unpaired) electrons. The van der Waals surface area contributed by atoms with Crippen molar-refractivity contribution < 1.29 is 28.6 Å². The maximum Gasteiger partial charge on any atom is 0.349 e. The number of rotatable bonds is 6. The van der Waals surface area contributed by atoms with Gasteiger partial charge in [-0.2, -0.15) is 0 Å². The molecule has 0 bridgehead atoms. The van der Waals surface area contributed by atoms with Crippen LogP contribution in [-0.2, 0) is 20.7 Å². The lowest BCUT2D eigenvalue weighted by atomic mass is 9.88. The predicted molar refractivity (Wildman–Crippen MR) is 106 cm³/mol. The molecule has 0 saturated heterocycles. The summed E-state index contributed by atoms with van der Waals surface area (Å²) < 4.78 is 16.0. The third-order valence-electron chi connectivity index (χ3n) is 4.73. The van der Waals surface area contributed by atoms with E-state index in [4.69, 9.17) is 14.2 Å². The fraction of sp³-hybridized carbons (Fsp3) is 0.348. The zero-order valence-electron chi connectivity index (χ0n) is 17.0. The fourth-order valence-corrected chi connectivity index (χ4v) is 3.18. The number of carbonyl (C=O) groups is 3. The van der Waals surface area contributed by atoms with Crippen molar-refractivity contribution in [3.63, 3.8) is 0 Å². The van der Waals surface area contributed by atoms with E-state index in [0.717, 1.165) is 11.1 Å². The Morgan fingerprint density at radius 3 is 2.48 bits per heavy atom. The molecule has 0 saturated carbocycles. The Bertz CT molecular complexity index is 942. The molecule has 1 atom stereocenters. The minimum absolute atomic E-state index is 0.263. The SMILES string of the molecule is CCOC(=O)C(C)(C)Oc1ccc(C(=O)C2Cc3cc(C)ccc3OC2=O)cc1. The lowest BCUT2D eigenvalue weighted by molar-refractivity contribution is -0.158. The molecule has 0 aromatic heterocycles. The molecule has 1 unspecified atom stereocenters. The van der Waals surface area contributed by atoms with Crippen molar-refractivity contribution in [3.8, 4) is 11.5 Å². The van der Waals surface area contributed by atoms with Crippen LogP contribution < -0.4 is 9.47 Å². The van der Waals surface area contributed by atoms with Crippen LogP contribution in [0.5, 0.6) is 11.5 Å². The highest BCUT2D eigenvalue weighted by Crippen LogP contribution is 2.31. The zero-order valence-corrected chi connectivity index (χ0v) is 17.0. The van der Waals surface area contributed by atoms with Crippen molar-refractivity contribution in [1.29, 1.82) is 0 Å². The molecule has 152 valence electrons. The van der Waals surface area contributed by atoms with Gasteiger partial charge in [-0.3, -0.25) is 9.59 Å². The van der Waals surface area contributed by atoms with Gasteiger partial charge in [-0.1, -0.05) is 17.7 Å². The number of ketones is 1. The van der Waals surface area contributed by atoms with Crippen LogP contribution in [0.4, 0.5) is 0 Å². The summed E-state index contributed by atoms with van der Waals surface area (Å²) in [4.78, 5) is 37.2. The standard InChI is InChI=1S/C23H24O6/c1-5-27-22(26)23(3,4)29-17-9-7-15(8-10-17)20(24)18-13-16-12-14(2)6-11-19(16)28-21(18)25/h6-12,18H,5,13H2,1-4H3. The maximum absolute atomic E-state index is 12.9. The molecule has 0 fully saturated rings. The molecule has 6 heteroatoms. The van der Waals surface area contributed by atoms with Gasteiger partial charge >= 0.3 is 11.9 Å². The second kappa shape index (κ2) is 8.07. The number of aryl methyl sites for hydroxylation is 1. The van der Waals surface area contributed by atoms with Crippen molar-refractivity contribution in [2.75, 3.05) is 6.61 Å². The Hall–Kier alpha value is -3.15. The molecular weight excluding hydrogens is 372 g/mol. The van der Waals surface area contributed by atoms with Crippen molar-refractivity contribution in [2.45, 2.75) is 39.7 Å². The van der Waals surface area contributed by atoms with Gasteiger partial charge in [0.2, 0.25) is 0 Å². The van der Waals surface area contributed by atoms with Gasteiger partial charge in [0, 0.05) is 5.56 Å². The second-order valence-corrected chi connectivity index (χ2v) is 7.51. The van der Waals surface area contributed by atoms with E-state index in [1.54, 1.807) is 51.1 Å². The van der Waals surface area contributed by atoms with E-state index in [9.17, 15) is 14.4 Å². The molecule has 0 N–H and O–H groups in total. The van der Waals surface area contributed by atoms with Crippen LogP contribution in [0.15, 0.2) is 42.5 Å². The first-order chi connectivity index (χ1) is 13.7. The molecule has 1 aliphatic heterocycles. The smallest absolute Gasteiger partial charge is 0.349 e. The van der Waals surface area contributed by atoms with E-state index in [2.05, 4.69) is 0 Å². The van der Waals surface area contributed by atoms with Crippen LogP contribution in [0.25, 0.3) is 0 Å². The normalized spacial score (nSPS) is 15.9. The number of fused-ring (bicyclic) bond motifs is 1.